The average molecular weight is 418 g/mol. The molecule has 1 atom stereocenters. The van der Waals surface area contributed by atoms with Gasteiger partial charge in [0.05, 0.1) is 23.8 Å². The van der Waals surface area contributed by atoms with Gasteiger partial charge < -0.3 is 15.0 Å². The van der Waals surface area contributed by atoms with Crippen molar-refractivity contribution in [3.8, 4) is 0 Å². The van der Waals surface area contributed by atoms with E-state index in [9.17, 15) is 13.2 Å². The number of morpholine rings is 1. The van der Waals surface area contributed by atoms with Crippen LogP contribution in [0.5, 0.6) is 0 Å². The maximum atomic E-state index is 12.7. The van der Waals surface area contributed by atoms with Crippen LogP contribution in [-0.2, 0) is 19.6 Å². The zero-order chi connectivity index (χ0) is 21.0. The lowest BCUT2D eigenvalue weighted by Crippen LogP contribution is -2.46. The Morgan fingerprint density at radius 2 is 1.72 bits per heavy atom. The summed E-state index contributed by atoms with van der Waals surface area (Å²) < 4.78 is 33.3. The number of ether oxygens (including phenoxy) is 1. The molecule has 7 nitrogen and oxygen atoms in total. The van der Waals surface area contributed by atoms with Crippen LogP contribution in [0.4, 0.5) is 11.4 Å². The lowest BCUT2D eigenvalue weighted by Gasteiger charge is -2.29. The Kier molecular flexibility index (Phi) is 6.44. The van der Waals surface area contributed by atoms with Gasteiger partial charge in [0.2, 0.25) is 5.91 Å². The Morgan fingerprint density at radius 1 is 1.03 bits per heavy atom. The molecule has 1 aliphatic rings. The molecule has 0 bridgehead atoms. The first kappa shape index (κ1) is 21.1. The normalized spacial score (nSPS) is 15.6. The number of sulfonamides is 1. The molecule has 1 heterocycles. The van der Waals surface area contributed by atoms with Crippen LogP contribution in [0.1, 0.15) is 18.1 Å². The Balaban J connectivity index is 1.70. The number of rotatable bonds is 6. The highest BCUT2D eigenvalue weighted by molar-refractivity contribution is 7.92. The van der Waals surface area contributed by atoms with Gasteiger partial charge in [-0.2, -0.15) is 0 Å². The van der Waals surface area contributed by atoms with Crippen molar-refractivity contribution in [3.05, 3.63) is 53.6 Å². The second kappa shape index (κ2) is 8.84. The van der Waals surface area contributed by atoms with Gasteiger partial charge in [0.25, 0.3) is 10.0 Å². The predicted molar refractivity (Wildman–Crippen MR) is 114 cm³/mol. The zero-order valence-corrected chi connectivity index (χ0v) is 17.8. The first-order chi connectivity index (χ1) is 13.8. The number of amides is 1. The summed E-state index contributed by atoms with van der Waals surface area (Å²) in [6, 6.07) is 11.5. The molecule has 1 unspecified atom stereocenters. The first-order valence-electron chi connectivity index (χ1n) is 9.59. The molecule has 0 saturated carbocycles. The second-order valence-electron chi connectivity index (χ2n) is 7.24. The van der Waals surface area contributed by atoms with Crippen LogP contribution in [0.25, 0.3) is 0 Å². The van der Waals surface area contributed by atoms with E-state index in [4.69, 9.17) is 4.74 Å². The monoisotopic (exact) mass is 417 g/mol. The van der Waals surface area contributed by atoms with E-state index in [-0.39, 0.29) is 10.8 Å². The average Bonchev–Trinajstić information content (AvgIpc) is 2.70. The van der Waals surface area contributed by atoms with Crippen molar-refractivity contribution < 1.29 is 17.9 Å². The summed E-state index contributed by atoms with van der Waals surface area (Å²) >= 11 is 0. The van der Waals surface area contributed by atoms with E-state index in [1.54, 1.807) is 54.3 Å². The van der Waals surface area contributed by atoms with Gasteiger partial charge in [0.1, 0.15) is 6.04 Å². The number of carbonyl (C=O) groups excluding carboxylic acids is 1. The van der Waals surface area contributed by atoms with E-state index in [0.717, 1.165) is 11.1 Å². The zero-order valence-electron chi connectivity index (χ0n) is 16.9. The third-order valence-corrected chi connectivity index (χ3v) is 6.36. The van der Waals surface area contributed by atoms with Crippen LogP contribution < -0.4 is 10.0 Å². The van der Waals surface area contributed by atoms with Crippen molar-refractivity contribution in [1.29, 1.82) is 0 Å². The molecule has 0 spiro atoms. The fourth-order valence-electron chi connectivity index (χ4n) is 3.14. The van der Waals surface area contributed by atoms with Crippen molar-refractivity contribution in [1.82, 2.24) is 4.90 Å². The molecule has 156 valence electrons. The standard InChI is InChI=1S/C21H27N3O4S/c1-15-7-8-20(13-16(15)2)29(26,27)23-19-6-4-5-18(14-19)22-17(3)21(25)24-9-11-28-12-10-24/h4-8,13-14,17,22-23H,9-12H2,1-3H3. The van der Waals surface area contributed by atoms with Crippen molar-refractivity contribution in [3.63, 3.8) is 0 Å². The van der Waals surface area contributed by atoms with Crippen molar-refractivity contribution >= 4 is 27.3 Å². The number of nitrogens with zero attached hydrogens (tertiary/aromatic N) is 1. The summed E-state index contributed by atoms with van der Waals surface area (Å²) in [5, 5.41) is 3.15. The minimum atomic E-state index is -3.70. The molecule has 1 saturated heterocycles. The Labute approximate surface area is 172 Å². The van der Waals surface area contributed by atoms with Gasteiger partial charge in [0, 0.05) is 18.8 Å². The van der Waals surface area contributed by atoms with Gasteiger partial charge in [-0.15, -0.1) is 0 Å². The quantitative estimate of drug-likeness (QED) is 0.755. The molecule has 3 rings (SSSR count). The largest absolute Gasteiger partial charge is 0.378 e. The predicted octanol–water partition coefficient (Wildman–Crippen LogP) is 2.76. The minimum absolute atomic E-state index is 0.00517. The van der Waals surface area contributed by atoms with Gasteiger partial charge in [-0.05, 0) is 62.2 Å². The second-order valence-corrected chi connectivity index (χ2v) is 8.92. The third-order valence-electron chi connectivity index (χ3n) is 4.98. The van der Waals surface area contributed by atoms with E-state index in [0.29, 0.717) is 37.7 Å². The van der Waals surface area contributed by atoms with Crippen LogP contribution >= 0.6 is 0 Å². The molecule has 1 fully saturated rings. The number of hydrogen-bond donors (Lipinski definition) is 2. The number of hydrogen-bond acceptors (Lipinski definition) is 5. The van der Waals surface area contributed by atoms with Gasteiger partial charge >= 0.3 is 0 Å². The smallest absolute Gasteiger partial charge is 0.261 e. The minimum Gasteiger partial charge on any atom is -0.378 e. The molecule has 0 aliphatic carbocycles. The van der Waals surface area contributed by atoms with Gasteiger partial charge in [-0.3, -0.25) is 9.52 Å². The van der Waals surface area contributed by atoms with Crippen molar-refractivity contribution in [2.24, 2.45) is 0 Å². The number of benzene rings is 2. The lowest BCUT2D eigenvalue weighted by molar-refractivity contribution is -0.135. The third kappa shape index (κ3) is 5.27. The fourth-order valence-corrected chi connectivity index (χ4v) is 4.27. The maximum absolute atomic E-state index is 12.7. The molecule has 2 aromatic rings. The Hall–Kier alpha value is -2.58. The van der Waals surface area contributed by atoms with E-state index in [1.165, 1.54) is 0 Å². The van der Waals surface area contributed by atoms with Gasteiger partial charge in [-0.1, -0.05) is 12.1 Å². The van der Waals surface area contributed by atoms with Crippen molar-refractivity contribution in [2.45, 2.75) is 31.7 Å². The molecular weight excluding hydrogens is 390 g/mol. The van der Waals surface area contributed by atoms with Crippen LogP contribution in [-0.4, -0.2) is 51.6 Å². The fraction of sp³-hybridized carbons (Fsp3) is 0.381. The van der Waals surface area contributed by atoms with Crippen LogP contribution in [0, 0.1) is 13.8 Å². The topological polar surface area (TPSA) is 87.7 Å². The number of aryl methyl sites for hydroxylation is 2. The summed E-state index contributed by atoms with van der Waals surface area (Å²) in [7, 11) is -3.70. The summed E-state index contributed by atoms with van der Waals surface area (Å²) in [5.41, 5.74) is 3.05. The highest BCUT2D eigenvalue weighted by atomic mass is 32.2. The molecule has 29 heavy (non-hydrogen) atoms. The van der Waals surface area contributed by atoms with E-state index in [2.05, 4.69) is 10.0 Å². The Morgan fingerprint density at radius 3 is 2.41 bits per heavy atom. The van der Waals surface area contributed by atoms with E-state index < -0.39 is 16.1 Å². The molecule has 0 radical (unpaired) electrons. The van der Waals surface area contributed by atoms with Crippen LogP contribution in [0.15, 0.2) is 47.4 Å². The van der Waals surface area contributed by atoms with Gasteiger partial charge in [0.15, 0.2) is 0 Å². The molecule has 0 aromatic heterocycles. The summed E-state index contributed by atoms with van der Waals surface area (Å²) in [5.74, 6) is -0.00517. The van der Waals surface area contributed by atoms with E-state index >= 15 is 0 Å². The van der Waals surface area contributed by atoms with Crippen LogP contribution in [0.3, 0.4) is 0 Å². The lowest BCUT2D eigenvalue weighted by atomic mass is 10.1. The molecule has 2 N–H and O–H groups in total. The number of anilines is 2. The van der Waals surface area contributed by atoms with E-state index in [1.807, 2.05) is 13.8 Å². The molecular formula is C21H27N3O4S. The van der Waals surface area contributed by atoms with Gasteiger partial charge in [-0.25, -0.2) is 8.42 Å². The molecule has 2 aromatic carbocycles. The SMILES string of the molecule is Cc1ccc(S(=O)(=O)Nc2cccc(NC(C)C(=O)N3CCOCC3)c2)cc1C. The highest BCUT2D eigenvalue weighted by Crippen LogP contribution is 2.22. The number of nitrogens with one attached hydrogen (secondary N) is 2. The summed E-state index contributed by atoms with van der Waals surface area (Å²) in [6.45, 7) is 7.88. The van der Waals surface area contributed by atoms with Crippen LogP contribution in [0.2, 0.25) is 0 Å². The molecule has 8 heteroatoms. The van der Waals surface area contributed by atoms with Crippen molar-refractivity contribution in [2.75, 3.05) is 36.3 Å². The molecule has 1 aliphatic heterocycles. The maximum Gasteiger partial charge on any atom is 0.261 e. The first-order valence-corrected chi connectivity index (χ1v) is 11.1. The number of carbonyl (C=O) groups is 1. The summed E-state index contributed by atoms with van der Waals surface area (Å²) in [4.78, 5) is 14.5. The molecule has 1 amide bonds. The highest BCUT2D eigenvalue weighted by Gasteiger charge is 2.22. The Bertz CT molecular complexity index is 985. The summed E-state index contributed by atoms with van der Waals surface area (Å²) in [6.07, 6.45) is 0.